The first kappa shape index (κ1) is 14.8. The Morgan fingerprint density at radius 3 is 2.86 bits per heavy atom. The van der Waals surface area contributed by atoms with Crippen LogP contribution in [0.2, 0.25) is 5.02 Å². The Morgan fingerprint density at radius 2 is 2.19 bits per heavy atom. The summed E-state index contributed by atoms with van der Waals surface area (Å²) in [5.41, 5.74) is 0.967. The number of hydrogen-bond donors (Lipinski definition) is 1. The molecule has 0 bridgehead atoms. The topological polar surface area (TPSA) is 41.6 Å². The molecule has 114 valence electrons. The molecule has 0 spiro atoms. The highest BCUT2D eigenvalue weighted by atomic mass is 35.5. The minimum atomic E-state index is -0.122. The van der Waals surface area contributed by atoms with E-state index in [1.54, 1.807) is 0 Å². The van der Waals surface area contributed by atoms with Gasteiger partial charge in [0.1, 0.15) is 6.10 Å². The second-order valence-electron chi connectivity index (χ2n) is 5.87. The van der Waals surface area contributed by atoms with Crippen LogP contribution in [0.1, 0.15) is 18.6 Å². The number of ether oxygens (including phenoxy) is 1. The SMILES string of the molecule is CC(C(=O)N1CCOC(c2ccccc2Cl)C1)C1CNC1. The van der Waals surface area contributed by atoms with Crippen LogP contribution in [0.4, 0.5) is 0 Å². The molecule has 2 fully saturated rings. The van der Waals surface area contributed by atoms with E-state index in [2.05, 4.69) is 5.32 Å². The second-order valence-corrected chi connectivity index (χ2v) is 6.28. The molecule has 21 heavy (non-hydrogen) atoms. The molecular weight excluding hydrogens is 288 g/mol. The molecule has 1 N–H and O–H groups in total. The Bertz CT molecular complexity index is 519. The zero-order valence-electron chi connectivity index (χ0n) is 12.2. The summed E-state index contributed by atoms with van der Waals surface area (Å²) >= 11 is 6.24. The van der Waals surface area contributed by atoms with Crippen molar-refractivity contribution in [3.05, 3.63) is 34.9 Å². The lowest BCUT2D eigenvalue weighted by Gasteiger charge is -2.38. The lowest BCUT2D eigenvalue weighted by molar-refractivity contribution is -0.145. The largest absolute Gasteiger partial charge is 0.370 e. The molecule has 0 aromatic heterocycles. The van der Waals surface area contributed by atoms with Crippen molar-refractivity contribution in [1.82, 2.24) is 10.2 Å². The fourth-order valence-electron chi connectivity index (χ4n) is 2.93. The van der Waals surface area contributed by atoms with Crippen molar-refractivity contribution in [2.45, 2.75) is 13.0 Å². The number of hydrogen-bond acceptors (Lipinski definition) is 3. The Kier molecular flexibility index (Phi) is 4.48. The van der Waals surface area contributed by atoms with Crippen LogP contribution < -0.4 is 5.32 Å². The second kappa shape index (κ2) is 6.34. The van der Waals surface area contributed by atoms with E-state index in [1.807, 2.05) is 36.1 Å². The van der Waals surface area contributed by atoms with Crippen LogP contribution in [0, 0.1) is 11.8 Å². The summed E-state index contributed by atoms with van der Waals surface area (Å²) < 4.78 is 5.82. The quantitative estimate of drug-likeness (QED) is 0.930. The summed E-state index contributed by atoms with van der Waals surface area (Å²) in [5, 5.41) is 3.93. The average Bonchev–Trinajstić information content (AvgIpc) is 2.45. The zero-order chi connectivity index (χ0) is 14.8. The standard InChI is InChI=1S/C16H21ClN2O2/c1-11(12-8-18-9-12)16(20)19-6-7-21-15(10-19)13-4-2-3-5-14(13)17/h2-5,11-12,15,18H,6-10H2,1H3. The van der Waals surface area contributed by atoms with Gasteiger partial charge in [-0.3, -0.25) is 4.79 Å². The molecule has 2 saturated heterocycles. The summed E-state index contributed by atoms with van der Waals surface area (Å²) in [4.78, 5) is 14.5. The van der Waals surface area contributed by atoms with Crippen LogP contribution >= 0.6 is 11.6 Å². The predicted molar refractivity (Wildman–Crippen MR) is 82.2 cm³/mol. The Morgan fingerprint density at radius 1 is 1.43 bits per heavy atom. The van der Waals surface area contributed by atoms with Crippen LogP contribution in [0.3, 0.4) is 0 Å². The molecule has 1 aromatic carbocycles. The lowest BCUT2D eigenvalue weighted by atomic mass is 9.87. The zero-order valence-corrected chi connectivity index (χ0v) is 13.0. The molecule has 2 aliphatic heterocycles. The van der Waals surface area contributed by atoms with Gasteiger partial charge in [0, 0.05) is 23.0 Å². The van der Waals surface area contributed by atoms with E-state index < -0.39 is 0 Å². The third-order valence-corrected chi connectivity index (χ3v) is 4.88. The smallest absolute Gasteiger partial charge is 0.225 e. The Hall–Kier alpha value is -1.10. The maximum atomic E-state index is 12.6. The fraction of sp³-hybridized carbons (Fsp3) is 0.562. The molecule has 1 amide bonds. The van der Waals surface area contributed by atoms with Gasteiger partial charge in [-0.05, 0) is 25.1 Å². The van der Waals surface area contributed by atoms with Gasteiger partial charge in [-0.15, -0.1) is 0 Å². The van der Waals surface area contributed by atoms with Crippen LogP contribution in [-0.2, 0) is 9.53 Å². The minimum Gasteiger partial charge on any atom is -0.370 e. The van der Waals surface area contributed by atoms with E-state index in [9.17, 15) is 4.79 Å². The van der Waals surface area contributed by atoms with Crippen LogP contribution in [0.5, 0.6) is 0 Å². The molecular formula is C16H21ClN2O2. The molecule has 0 saturated carbocycles. The van der Waals surface area contributed by atoms with Crippen LogP contribution in [0.25, 0.3) is 0 Å². The van der Waals surface area contributed by atoms with E-state index in [4.69, 9.17) is 16.3 Å². The maximum Gasteiger partial charge on any atom is 0.225 e. The third kappa shape index (κ3) is 3.07. The highest BCUT2D eigenvalue weighted by molar-refractivity contribution is 6.31. The Labute approximate surface area is 130 Å². The van der Waals surface area contributed by atoms with Crippen molar-refractivity contribution in [2.24, 2.45) is 11.8 Å². The molecule has 5 heteroatoms. The average molecular weight is 309 g/mol. The van der Waals surface area contributed by atoms with Gasteiger partial charge in [-0.25, -0.2) is 0 Å². The van der Waals surface area contributed by atoms with Crippen molar-refractivity contribution in [2.75, 3.05) is 32.8 Å². The van der Waals surface area contributed by atoms with Gasteiger partial charge in [0.15, 0.2) is 0 Å². The van der Waals surface area contributed by atoms with Crippen LogP contribution in [0.15, 0.2) is 24.3 Å². The molecule has 3 rings (SSSR count). The molecule has 2 heterocycles. The van der Waals surface area contributed by atoms with Crippen molar-refractivity contribution < 1.29 is 9.53 Å². The van der Waals surface area contributed by atoms with E-state index in [0.717, 1.165) is 18.7 Å². The minimum absolute atomic E-state index is 0.0799. The van der Waals surface area contributed by atoms with Gasteiger partial charge in [0.2, 0.25) is 5.91 Å². The van der Waals surface area contributed by atoms with E-state index >= 15 is 0 Å². The number of rotatable bonds is 3. The summed E-state index contributed by atoms with van der Waals surface area (Å²) in [7, 11) is 0. The summed E-state index contributed by atoms with van der Waals surface area (Å²) in [6.07, 6.45) is -0.122. The van der Waals surface area contributed by atoms with E-state index in [0.29, 0.717) is 30.6 Å². The van der Waals surface area contributed by atoms with Gasteiger partial charge >= 0.3 is 0 Å². The Balaban J connectivity index is 1.68. The van der Waals surface area contributed by atoms with Crippen LogP contribution in [-0.4, -0.2) is 43.6 Å². The van der Waals surface area contributed by atoms with Crippen molar-refractivity contribution in [3.8, 4) is 0 Å². The molecule has 4 nitrogen and oxygen atoms in total. The number of benzene rings is 1. The predicted octanol–water partition coefficient (Wildman–Crippen LogP) is 2.10. The summed E-state index contributed by atoms with van der Waals surface area (Å²) in [6.45, 7) is 5.76. The van der Waals surface area contributed by atoms with Gasteiger partial charge in [-0.2, -0.15) is 0 Å². The van der Waals surface area contributed by atoms with Gasteiger partial charge in [0.05, 0.1) is 13.2 Å². The number of morpholine rings is 1. The third-order valence-electron chi connectivity index (χ3n) is 4.54. The van der Waals surface area contributed by atoms with E-state index in [1.165, 1.54) is 0 Å². The number of carbonyl (C=O) groups is 1. The highest BCUT2D eigenvalue weighted by Crippen LogP contribution is 2.29. The van der Waals surface area contributed by atoms with Crippen molar-refractivity contribution >= 4 is 17.5 Å². The molecule has 1 aromatic rings. The van der Waals surface area contributed by atoms with Gasteiger partial charge < -0.3 is 15.0 Å². The number of amides is 1. The molecule has 0 aliphatic carbocycles. The first-order valence-corrected chi connectivity index (χ1v) is 7.90. The lowest BCUT2D eigenvalue weighted by Crippen LogP contribution is -2.52. The number of carbonyl (C=O) groups excluding carboxylic acids is 1. The first-order valence-electron chi connectivity index (χ1n) is 7.52. The molecule has 0 radical (unpaired) electrons. The van der Waals surface area contributed by atoms with Crippen molar-refractivity contribution in [1.29, 1.82) is 0 Å². The fourth-order valence-corrected chi connectivity index (χ4v) is 3.19. The first-order chi connectivity index (χ1) is 10.2. The van der Waals surface area contributed by atoms with Crippen molar-refractivity contribution in [3.63, 3.8) is 0 Å². The monoisotopic (exact) mass is 308 g/mol. The molecule has 2 atom stereocenters. The number of nitrogens with zero attached hydrogens (tertiary/aromatic N) is 1. The summed E-state index contributed by atoms with van der Waals surface area (Å²) in [6, 6.07) is 7.70. The normalized spacial score (nSPS) is 24.5. The molecule has 2 unspecified atom stereocenters. The van der Waals surface area contributed by atoms with Gasteiger partial charge in [0.25, 0.3) is 0 Å². The molecule has 2 aliphatic rings. The number of halogens is 1. The summed E-state index contributed by atoms with van der Waals surface area (Å²) in [5.74, 6) is 0.789. The number of nitrogens with one attached hydrogen (secondary N) is 1. The highest BCUT2D eigenvalue weighted by Gasteiger charge is 2.34. The van der Waals surface area contributed by atoms with Gasteiger partial charge in [-0.1, -0.05) is 36.7 Å². The van der Waals surface area contributed by atoms with E-state index in [-0.39, 0.29) is 17.9 Å². The maximum absolute atomic E-state index is 12.6.